The lowest BCUT2D eigenvalue weighted by molar-refractivity contribution is -0.120. The molecular weight excluding hydrogens is 238 g/mol. The number of nitriles is 1. The molecule has 0 saturated heterocycles. The van der Waals surface area contributed by atoms with Crippen LogP contribution < -0.4 is 5.32 Å². The molecule has 0 spiro atoms. The Morgan fingerprint density at radius 2 is 2.32 bits per heavy atom. The second-order valence-electron chi connectivity index (χ2n) is 4.97. The molecule has 96 valence electrons. The monoisotopic (exact) mass is 253 g/mol. The van der Waals surface area contributed by atoms with Crippen molar-refractivity contribution in [2.75, 3.05) is 0 Å². The van der Waals surface area contributed by atoms with E-state index in [0.29, 0.717) is 0 Å². The molecule has 0 radical (unpaired) electrons. The maximum Gasteiger partial charge on any atom is 0.234 e. The standard InChI is InChI=1S/C15H15N3O/c16-8-7-15(19)17-10-5-6-12-11-3-1-2-4-13(11)18-14(12)9-10/h1-4,10,18H,5-7,9H2,(H,17,19). The van der Waals surface area contributed by atoms with Gasteiger partial charge in [-0.15, -0.1) is 0 Å². The van der Waals surface area contributed by atoms with Crippen LogP contribution in [0.4, 0.5) is 0 Å². The minimum atomic E-state index is -0.174. The van der Waals surface area contributed by atoms with Crippen LogP contribution in [0.2, 0.25) is 0 Å². The van der Waals surface area contributed by atoms with Crippen LogP contribution in [0.1, 0.15) is 24.1 Å². The third-order valence-corrected chi connectivity index (χ3v) is 3.70. The number of nitrogens with one attached hydrogen (secondary N) is 2. The average Bonchev–Trinajstić information content (AvgIpc) is 2.76. The van der Waals surface area contributed by atoms with E-state index < -0.39 is 0 Å². The van der Waals surface area contributed by atoms with Gasteiger partial charge in [0.1, 0.15) is 6.42 Å². The van der Waals surface area contributed by atoms with Gasteiger partial charge in [0, 0.05) is 29.1 Å². The first kappa shape index (κ1) is 11.8. The zero-order valence-corrected chi connectivity index (χ0v) is 10.6. The molecule has 1 aromatic carbocycles. The molecule has 1 amide bonds. The molecule has 1 atom stereocenters. The Kier molecular flexibility index (Phi) is 2.96. The molecule has 1 heterocycles. The highest BCUT2D eigenvalue weighted by molar-refractivity contribution is 5.85. The molecule has 0 saturated carbocycles. The van der Waals surface area contributed by atoms with Crippen LogP contribution >= 0.6 is 0 Å². The summed E-state index contributed by atoms with van der Waals surface area (Å²) in [6, 6.07) is 10.3. The number of amides is 1. The van der Waals surface area contributed by atoms with Crippen molar-refractivity contribution in [1.82, 2.24) is 10.3 Å². The third kappa shape index (κ3) is 2.19. The molecule has 0 bridgehead atoms. The molecule has 19 heavy (non-hydrogen) atoms. The Bertz CT molecular complexity index is 666. The number of aromatic amines is 1. The van der Waals surface area contributed by atoms with Gasteiger partial charge >= 0.3 is 0 Å². The molecular formula is C15H15N3O. The van der Waals surface area contributed by atoms with Crippen molar-refractivity contribution in [3.63, 3.8) is 0 Å². The molecule has 4 nitrogen and oxygen atoms in total. The molecule has 3 rings (SSSR count). The van der Waals surface area contributed by atoms with E-state index in [4.69, 9.17) is 5.26 Å². The van der Waals surface area contributed by atoms with Crippen LogP contribution in [0.15, 0.2) is 24.3 Å². The number of carbonyl (C=O) groups excluding carboxylic acids is 1. The van der Waals surface area contributed by atoms with Crippen LogP contribution in [-0.2, 0) is 17.6 Å². The topological polar surface area (TPSA) is 68.7 Å². The van der Waals surface area contributed by atoms with Gasteiger partial charge in [0.15, 0.2) is 0 Å². The summed E-state index contributed by atoms with van der Waals surface area (Å²) in [6.45, 7) is 0. The van der Waals surface area contributed by atoms with Gasteiger partial charge < -0.3 is 10.3 Å². The molecule has 1 aliphatic rings. The van der Waals surface area contributed by atoms with Crippen molar-refractivity contribution >= 4 is 16.8 Å². The van der Waals surface area contributed by atoms with Gasteiger partial charge in [-0.2, -0.15) is 5.26 Å². The number of aromatic nitrogens is 1. The highest BCUT2D eigenvalue weighted by Crippen LogP contribution is 2.28. The second-order valence-corrected chi connectivity index (χ2v) is 4.97. The maximum absolute atomic E-state index is 11.5. The first-order chi connectivity index (χ1) is 9.28. The quantitative estimate of drug-likeness (QED) is 0.860. The van der Waals surface area contributed by atoms with Crippen LogP contribution in [-0.4, -0.2) is 16.9 Å². The summed E-state index contributed by atoms with van der Waals surface area (Å²) in [5.41, 5.74) is 3.76. The van der Waals surface area contributed by atoms with E-state index >= 15 is 0 Å². The first-order valence-electron chi connectivity index (χ1n) is 6.52. The average molecular weight is 253 g/mol. The predicted octanol–water partition coefficient (Wildman–Crippen LogP) is 2.06. The summed E-state index contributed by atoms with van der Waals surface area (Å²) in [7, 11) is 0. The van der Waals surface area contributed by atoms with Gasteiger partial charge in [0.2, 0.25) is 5.91 Å². The number of aryl methyl sites for hydroxylation is 1. The summed E-state index contributed by atoms with van der Waals surface area (Å²) >= 11 is 0. The number of hydrogen-bond acceptors (Lipinski definition) is 2. The van der Waals surface area contributed by atoms with Crippen molar-refractivity contribution in [3.05, 3.63) is 35.5 Å². The number of hydrogen-bond donors (Lipinski definition) is 2. The van der Waals surface area contributed by atoms with Gasteiger partial charge in [0.25, 0.3) is 0 Å². The minimum Gasteiger partial charge on any atom is -0.358 e. The van der Waals surface area contributed by atoms with Crippen LogP contribution in [0.3, 0.4) is 0 Å². The molecule has 1 aromatic heterocycles. The number of benzene rings is 1. The summed E-state index contributed by atoms with van der Waals surface area (Å²) in [5, 5.41) is 12.7. The minimum absolute atomic E-state index is 0.0595. The molecule has 1 aliphatic carbocycles. The van der Waals surface area contributed by atoms with Crippen molar-refractivity contribution < 1.29 is 4.79 Å². The first-order valence-corrected chi connectivity index (χ1v) is 6.52. The molecule has 2 N–H and O–H groups in total. The normalized spacial score (nSPS) is 17.7. The fourth-order valence-electron chi connectivity index (χ4n) is 2.86. The number of carbonyl (C=O) groups is 1. The van der Waals surface area contributed by atoms with Gasteiger partial charge in [-0.1, -0.05) is 18.2 Å². The maximum atomic E-state index is 11.5. The van der Waals surface area contributed by atoms with Gasteiger partial charge in [0.05, 0.1) is 6.07 Å². The van der Waals surface area contributed by atoms with Gasteiger partial charge in [-0.3, -0.25) is 4.79 Å². The van der Waals surface area contributed by atoms with E-state index in [1.807, 2.05) is 12.1 Å². The van der Waals surface area contributed by atoms with Crippen LogP contribution in [0.5, 0.6) is 0 Å². The SMILES string of the molecule is N#CCC(=O)NC1CCc2c([nH]c3ccccc23)C1. The summed E-state index contributed by atoms with van der Waals surface area (Å²) in [6.07, 6.45) is 2.67. The Hall–Kier alpha value is -2.28. The number of nitrogens with zero attached hydrogens (tertiary/aromatic N) is 1. The molecule has 1 unspecified atom stereocenters. The highest BCUT2D eigenvalue weighted by Gasteiger charge is 2.23. The van der Waals surface area contributed by atoms with Crippen molar-refractivity contribution in [1.29, 1.82) is 5.26 Å². The van der Waals surface area contributed by atoms with E-state index in [0.717, 1.165) is 24.8 Å². The highest BCUT2D eigenvalue weighted by atomic mass is 16.1. The Balaban J connectivity index is 1.81. The smallest absolute Gasteiger partial charge is 0.234 e. The zero-order chi connectivity index (χ0) is 13.2. The fourth-order valence-corrected chi connectivity index (χ4v) is 2.86. The third-order valence-electron chi connectivity index (χ3n) is 3.70. The summed E-state index contributed by atoms with van der Waals surface area (Å²) in [4.78, 5) is 14.9. The molecule has 0 fully saturated rings. The number of fused-ring (bicyclic) bond motifs is 3. The van der Waals surface area contributed by atoms with Gasteiger partial charge in [-0.05, 0) is 24.5 Å². The van der Waals surface area contributed by atoms with Crippen LogP contribution in [0.25, 0.3) is 10.9 Å². The molecule has 2 aromatic rings. The number of H-pyrrole nitrogens is 1. The fraction of sp³-hybridized carbons (Fsp3) is 0.333. The zero-order valence-electron chi connectivity index (χ0n) is 10.6. The predicted molar refractivity (Wildman–Crippen MR) is 72.5 cm³/mol. The second kappa shape index (κ2) is 4.77. The van der Waals surface area contributed by atoms with Crippen molar-refractivity contribution in [2.24, 2.45) is 0 Å². The molecule has 4 heteroatoms. The lowest BCUT2D eigenvalue weighted by Crippen LogP contribution is -2.38. The van der Waals surface area contributed by atoms with E-state index in [-0.39, 0.29) is 18.4 Å². The lowest BCUT2D eigenvalue weighted by atomic mass is 9.91. The van der Waals surface area contributed by atoms with E-state index in [1.54, 1.807) is 0 Å². The lowest BCUT2D eigenvalue weighted by Gasteiger charge is -2.23. The number of rotatable bonds is 2. The Morgan fingerprint density at radius 1 is 1.47 bits per heavy atom. The molecule has 0 aliphatic heterocycles. The van der Waals surface area contributed by atoms with E-state index in [1.165, 1.54) is 16.6 Å². The summed E-state index contributed by atoms with van der Waals surface area (Å²) in [5.74, 6) is -0.174. The Morgan fingerprint density at radius 3 is 3.16 bits per heavy atom. The van der Waals surface area contributed by atoms with Crippen LogP contribution in [0, 0.1) is 11.3 Å². The van der Waals surface area contributed by atoms with Crippen molar-refractivity contribution in [2.45, 2.75) is 31.7 Å². The Labute approximate surface area is 111 Å². The van der Waals surface area contributed by atoms with Gasteiger partial charge in [-0.25, -0.2) is 0 Å². The number of para-hydroxylation sites is 1. The van der Waals surface area contributed by atoms with E-state index in [9.17, 15) is 4.79 Å². The summed E-state index contributed by atoms with van der Waals surface area (Å²) < 4.78 is 0. The van der Waals surface area contributed by atoms with Crippen molar-refractivity contribution in [3.8, 4) is 6.07 Å². The van der Waals surface area contributed by atoms with E-state index in [2.05, 4.69) is 28.5 Å². The largest absolute Gasteiger partial charge is 0.358 e.